The van der Waals surface area contributed by atoms with Crippen LogP contribution < -0.4 is 10.1 Å². The van der Waals surface area contributed by atoms with Gasteiger partial charge in [-0.1, -0.05) is 0 Å². The minimum atomic E-state index is -4.54. The van der Waals surface area contributed by atoms with Crippen LogP contribution in [0.5, 0.6) is 5.75 Å². The van der Waals surface area contributed by atoms with Crippen LogP contribution in [0.2, 0.25) is 0 Å². The van der Waals surface area contributed by atoms with Crippen molar-refractivity contribution in [2.45, 2.75) is 25.1 Å². The molecule has 0 spiro atoms. The average Bonchev–Trinajstić information content (AvgIpc) is 2.58. The number of hydrogen-bond acceptors (Lipinski definition) is 5. The predicted octanol–water partition coefficient (Wildman–Crippen LogP) is 2.78. The van der Waals surface area contributed by atoms with Crippen molar-refractivity contribution in [3.05, 3.63) is 33.9 Å². The smallest absolute Gasteiger partial charge is 0.422 e. The standard InChI is InChI=1S/C15H18F3N3O4.ClH/c1-19-10-3-2-6-20(8-10)14(22)12-7-11(25-9-15(16,17)18)4-5-13(12)21(23)24;/h4-5,7,10,19H,2-3,6,8-9H2,1H3;1H. The zero-order valence-electron chi connectivity index (χ0n) is 13.9. The molecule has 1 amide bonds. The monoisotopic (exact) mass is 397 g/mol. The van der Waals surface area contributed by atoms with Gasteiger partial charge < -0.3 is 15.0 Å². The summed E-state index contributed by atoms with van der Waals surface area (Å²) in [5.41, 5.74) is -0.739. The second-order valence-corrected chi connectivity index (χ2v) is 5.72. The summed E-state index contributed by atoms with van der Waals surface area (Å²) in [6.45, 7) is -0.730. The van der Waals surface area contributed by atoms with Gasteiger partial charge in [0, 0.05) is 25.2 Å². The third kappa shape index (κ3) is 5.73. The Morgan fingerprint density at radius 1 is 1.46 bits per heavy atom. The van der Waals surface area contributed by atoms with Gasteiger partial charge in [-0.3, -0.25) is 14.9 Å². The lowest BCUT2D eigenvalue weighted by Gasteiger charge is -2.32. The number of halogens is 4. The number of rotatable bonds is 5. The van der Waals surface area contributed by atoms with E-state index in [2.05, 4.69) is 10.1 Å². The maximum absolute atomic E-state index is 12.7. The highest BCUT2D eigenvalue weighted by Crippen LogP contribution is 2.27. The molecule has 0 aromatic heterocycles. The number of nitrogens with one attached hydrogen (secondary N) is 1. The maximum atomic E-state index is 12.7. The molecule has 146 valence electrons. The number of ether oxygens (including phenoxy) is 1. The van der Waals surface area contributed by atoms with Crippen LogP contribution in [0.15, 0.2) is 18.2 Å². The predicted molar refractivity (Wildman–Crippen MR) is 89.9 cm³/mol. The molecular formula is C15H19ClF3N3O4. The summed E-state index contributed by atoms with van der Waals surface area (Å²) >= 11 is 0. The number of carbonyl (C=O) groups excluding carboxylic acids is 1. The molecule has 1 N–H and O–H groups in total. The first kappa shape index (κ1) is 22.0. The van der Waals surface area contributed by atoms with Crippen molar-refractivity contribution in [3.8, 4) is 5.75 Å². The van der Waals surface area contributed by atoms with Gasteiger partial charge >= 0.3 is 6.18 Å². The van der Waals surface area contributed by atoms with Crippen LogP contribution in [0.25, 0.3) is 0 Å². The fourth-order valence-electron chi connectivity index (χ4n) is 2.67. The lowest BCUT2D eigenvalue weighted by Crippen LogP contribution is -2.47. The largest absolute Gasteiger partial charge is 0.484 e. The van der Waals surface area contributed by atoms with Crippen molar-refractivity contribution in [2.24, 2.45) is 0 Å². The van der Waals surface area contributed by atoms with Crippen molar-refractivity contribution < 1.29 is 27.6 Å². The van der Waals surface area contributed by atoms with Gasteiger partial charge in [0.05, 0.1) is 4.92 Å². The highest BCUT2D eigenvalue weighted by Gasteiger charge is 2.31. The molecule has 1 unspecified atom stereocenters. The number of likely N-dealkylation sites (tertiary alicyclic amines) is 1. The lowest BCUT2D eigenvalue weighted by molar-refractivity contribution is -0.385. The van der Waals surface area contributed by atoms with E-state index in [1.165, 1.54) is 4.90 Å². The Balaban J connectivity index is 0.00000338. The molecule has 1 aromatic rings. The van der Waals surface area contributed by atoms with E-state index in [4.69, 9.17) is 0 Å². The number of nitrogens with zero attached hydrogens (tertiary/aromatic N) is 2. The van der Waals surface area contributed by atoms with Gasteiger partial charge in [0.25, 0.3) is 11.6 Å². The number of hydrogen-bond donors (Lipinski definition) is 1. The number of nitro benzene ring substituents is 1. The first-order valence-electron chi connectivity index (χ1n) is 7.66. The Morgan fingerprint density at radius 3 is 2.73 bits per heavy atom. The van der Waals surface area contributed by atoms with E-state index in [0.29, 0.717) is 13.1 Å². The van der Waals surface area contributed by atoms with Crippen LogP contribution in [0.3, 0.4) is 0 Å². The SMILES string of the molecule is CNC1CCCN(C(=O)c2cc(OCC(F)(F)F)ccc2[N+](=O)[O-])C1.Cl. The quantitative estimate of drug-likeness (QED) is 0.610. The summed E-state index contributed by atoms with van der Waals surface area (Å²) in [4.78, 5) is 24.5. The molecule has 0 aliphatic carbocycles. The molecule has 2 rings (SSSR count). The van der Waals surface area contributed by atoms with E-state index in [0.717, 1.165) is 31.0 Å². The molecule has 0 bridgehead atoms. The van der Waals surface area contributed by atoms with E-state index in [9.17, 15) is 28.1 Å². The Morgan fingerprint density at radius 2 is 2.15 bits per heavy atom. The van der Waals surface area contributed by atoms with Crippen LogP contribution in [-0.2, 0) is 0 Å². The maximum Gasteiger partial charge on any atom is 0.422 e. The fraction of sp³-hybridized carbons (Fsp3) is 0.533. The summed E-state index contributed by atoms with van der Waals surface area (Å²) in [6.07, 6.45) is -2.94. The van der Waals surface area contributed by atoms with Gasteiger partial charge in [0.1, 0.15) is 11.3 Å². The average molecular weight is 398 g/mol. The Kier molecular flexibility index (Phi) is 7.64. The normalized spacial score (nSPS) is 17.4. The fourth-order valence-corrected chi connectivity index (χ4v) is 2.67. The van der Waals surface area contributed by atoms with Crippen molar-refractivity contribution in [3.63, 3.8) is 0 Å². The van der Waals surface area contributed by atoms with Crippen molar-refractivity contribution >= 4 is 24.0 Å². The number of alkyl halides is 3. The molecule has 0 radical (unpaired) electrons. The van der Waals surface area contributed by atoms with Gasteiger partial charge in [0.2, 0.25) is 0 Å². The van der Waals surface area contributed by atoms with Crippen LogP contribution in [0.4, 0.5) is 18.9 Å². The molecule has 0 saturated carbocycles. The Labute approximate surface area is 154 Å². The van der Waals surface area contributed by atoms with E-state index in [-0.39, 0.29) is 29.8 Å². The Bertz CT molecular complexity index is 658. The summed E-state index contributed by atoms with van der Waals surface area (Å²) in [5, 5.41) is 14.2. The van der Waals surface area contributed by atoms with Crippen LogP contribution in [-0.4, -0.2) is 54.7 Å². The van der Waals surface area contributed by atoms with E-state index < -0.39 is 29.3 Å². The molecule has 1 saturated heterocycles. The minimum Gasteiger partial charge on any atom is -0.484 e. The molecule has 1 heterocycles. The van der Waals surface area contributed by atoms with Gasteiger partial charge in [-0.2, -0.15) is 13.2 Å². The molecule has 1 aliphatic rings. The second-order valence-electron chi connectivity index (χ2n) is 5.72. The van der Waals surface area contributed by atoms with Gasteiger partial charge in [0.15, 0.2) is 6.61 Å². The van der Waals surface area contributed by atoms with Gasteiger partial charge in [-0.25, -0.2) is 0 Å². The number of piperidine rings is 1. The van der Waals surface area contributed by atoms with Crippen LogP contribution in [0.1, 0.15) is 23.2 Å². The lowest BCUT2D eigenvalue weighted by atomic mass is 10.0. The molecule has 7 nitrogen and oxygen atoms in total. The topological polar surface area (TPSA) is 84.7 Å². The minimum absolute atomic E-state index is 0. The van der Waals surface area contributed by atoms with Crippen molar-refractivity contribution in [2.75, 3.05) is 26.7 Å². The second kappa shape index (κ2) is 9.04. The Hall–Kier alpha value is -2.07. The first-order chi connectivity index (χ1) is 11.7. The molecule has 1 aliphatic heterocycles. The third-order valence-electron chi connectivity index (χ3n) is 3.91. The molecule has 26 heavy (non-hydrogen) atoms. The molecule has 1 fully saturated rings. The van der Waals surface area contributed by atoms with Crippen LogP contribution in [0, 0.1) is 10.1 Å². The van der Waals surface area contributed by atoms with Crippen molar-refractivity contribution in [1.82, 2.24) is 10.2 Å². The summed E-state index contributed by atoms with van der Waals surface area (Å²) in [5.74, 6) is -0.836. The summed E-state index contributed by atoms with van der Waals surface area (Å²) < 4.78 is 41.4. The van der Waals surface area contributed by atoms with E-state index >= 15 is 0 Å². The van der Waals surface area contributed by atoms with Crippen molar-refractivity contribution in [1.29, 1.82) is 0 Å². The number of carbonyl (C=O) groups is 1. The zero-order chi connectivity index (χ0) is 18.6. The number of amides is 1. The zero-order valence-corrected chi connectivity index (χ0v) is 14.7. The number of likely N-dealkylation sites (N-methyl/N-ethyl adjacent to an activating group) is 1. The summed E-state index contributed by atoms with van der Waals surface area (Å²) in [6, 6.07) is 3.10. The number of benzene rings is 1. The van der Waals surface area contributed by atoms with Gasteiger partial charge in [-0.15, -0.1) is 12.4 Å². The third-order valence-corrected chi connectivity index (χ3v) is 3.91. The molecule has 1 atom stereocenters. The highest BCUT2D eigenvalue weighted by molar-refractivity contribution is 5.98. The molecular weight excluding hydrogens is 379 g/mol. The van der Waals surface area contributed by atoms with Gasteiger partial charge in [-0.05, 0) is 32.0 Å². The molecule has 1 aromatic carbocycles. The summed E-state index contributed by atoms with van der Waals surface area (Å²) in [7, 11) is 1.76. The first-order valence-corrected chi connectivity index (χ1v) is 7.66. The van der Waals surface area contributed by atoms with E-state index in [1.54, 1.807) is 7.05 Å². The number of nitro groups is 1. The van der Waals surface area contributed by atoms with E-state index in [1.807, 2.05) is 0 Å². The highest BCUT2D eigenvalue weighted by atomic mass is 35.5. The van der Waals surface area contributed by atoms with Crippen LogP contribution >= 0.6 is 12.4 Å². The molecule has 11 heteroatoms.